The number of halogens is 2. The lowest BCUT2D eigenvalue weighted by molar-refractivity contribution is 0.0621. The number of hydrogen-bond donors (Lipinski definition) is 1. The lowest BCUT2D eigenvalue weighted by atomic mass is 10.1. The van der Waals surface area contributed by atoms with E-state index in [4.69, 9.17) is 4.74 Å². The predicted molar refractivity (Wildman–Crippen MR) is 100 cm³/mol. The maximum atomic E-state index is 13.9. The zero-order chi connectivity index (χ0) is 19.7. The average molecular weight is 386 g/mol. The number of benzene rings is 2. The van der Waals surface area contributed by atoms with Crippen LogP contribution < -0.4 is 4.74 Å². The monoisotopic (exact) mass is 386 g/mol. The molecule has 0 saturated carbocycles. The van der Waals surface area contributed by atoms with Crippen LogP contribution in [0.15, 0.2) is 36.4 Å². The summed E-state index contributed by atoms with van der Waals surface area (Å²) in [6.07, 6.45) is 0. The maximum absolute atomic E-state index is 13.9. The molecule has 2 aromatic carbocycles. The molecule has 0 aliphatic carbocycles. The highest BCUT2D eigenvalue weighted by molar-refractivity contribution is 5.94. The molecule has 4 rings (SSSR count). The van der Waals surface area contributed by atoms with Gasteiger partial charge in [0.05, 0.1) is 30.3 Å². The summed E-state index contributed by atoms with van der Waals surface area (Å²) in [5.74, 6) is -0.323. The summed E-state index contributed by atoms with van der Waals surface area (Å²) in [4.78, 5) is 24.1. The third kappa shape index (κ3) is 3.68. The van der Waals surface area contributed by atoms with Crippen LogP contribution in [0.5, 0.6) is 5.75 Å². The van der Waals surface area contributed by atoms with Gasteiger partial charge in [0, 0.05) is 38.3 Å². The zero-order valence-electron chi connectivity index (χ0n) is 15.4. The number of carbonyl (C=O) groups excluding carboxylic acids is 1. The second-order valence-electron chi connectivity index (χ2n) is 6.76. The maximum Gasteiger partial charge on any atom is 0.256 e. The molecule has 6 nitrogen and oxygen atoms in total. The van der Waals surface area contributed by atoms with Crippen molar-refractivity contribution < 1.29 is 18.3 Å². The fraction of sp³-hybridized carbons (Fsp3) is 0.300. The summed E-state index contributed by atoms with van der Waals surface area (Å²) in [6.45, 7) is 2.88. The van der Waals surface area contributed by atoms with Gasteiger partial charge in [0.25, 0.3) is 5.91 Å². The number of H-pyrrole nitrogens is 1. The van der Waals surface area contributed by atoms with Gasteiger partial charge in [-0.3, -0.25) is 9.69 Å². The van der Waals surface area contributed by atoms with Gasteiger partial charge in [0.15, 0.2) is 0 Å². The predicted octanol–water partition coefficient (Wildman–Crippen LogP) is 2.81. The van der Waals surface area contributed by atoms with Crippen LogP contribution in [0.1, 0.15) is 16.2 Å². The van der Waals surface area contributed by atoms with Crippen molar-refractivity contribution in [2.75, 3.05) is 33.3 Å². The highest BCUT2D eigenvalue weighted by atomic mass is 19.1. The van der Waals surface area contributed by atoms with Gasteiger partial charge < -0.3 is 14.6 Å². The number of aromatic amines is 1. The molecule has 1 N–H and O–H groups in total. The molecule has 0 radical (unpaired) electrons. The number of amides is 1. The molecule has 28 heavy (non-hydrogen) atoms. The van der Waals surface area contributed by atoms with Crippen LogP contribution in [0, 0.1) is 11.6 Å². The highest BCUT2D eigenvalue weighted by Gasteiger charge is 2.24. The van der Waals surface area contributed by atoms with Crippen molar-refractivity contribution in [2.24, 2.45) is 0 Å². The third-order valence-corrected chi connectivity index (χ3v) is 4.93. The number of carbonyl (C=O) groups is 1. The molecule has 0 unspecified atom stereocenters. The first-order valence-electron chi connectivity index (χ1n) is 9.03. The van der Waals surface area contributed by atoms with E-state index in [0.717, 1.165) is 34.7 Å². The Morgan fingerprint density at radius 3 is 2.64 bits per heavy atom. The van der Waals surface area contributed by atoms with E-state index in [-0.39, 0.29) is 5.56 Å². The van der Waals surface area contributed by atoms with E-state index in [1.807, 2.05) is 18.2 Å². The van der Waals surface area contributed by atoms with Gasteiger partial charge in [-0.2, -0.15) is 0 Å². The Hall–Kier alpha value is -3.00. The molecule has 1 amide bonds. The minimum absolute atomic E-state index is 0.0962. The second-order valence-corrected chi connectivity index (χ2v) is 6.76. The molecule has 0 bridgehead atoms. The van der Waals surface area contributed by atoms with Gasteiger partial charge in [-0.15, -0.1) is 0 Å². The second kappa shape index (κ2) is 7.55. The fourth-order valence-corrected chi connectivity index (χ4v) is 3.40. The van der Waals surface area contributed by atoms with Crippen LogP contribution in [0.2, 0.25) is 0 Å². The molecule has 2 heterocycles. The van der Waals surface area contributed by atoms with Gasteiger partial charge in [0.2, 0.25) is 0 Å². The number of fused-ring (bicyclic) bond motifs is 1. The number of hydrogen-bond acceptors (Lipinski definition) is 4. The summed E-state index contributed by atoms with van der Waals surface area (Å²) in [5.41, 5.74) is 1.69. The molecule has 0 atom stereocenters. The van der Waals surface area contributed by atoms with Gasteiger partial charge >= 0.3 is 0 Å². The van der Waals surface area contributed by atoms with Gasteiger partial charge in [-0.1, -0.05) is 0 Å². The molecule has 1 fully saturated rings. The summed E-state index contributed by atoms with van der Waals surface area (Å²) in [6, 6.07) is 8.71. The summed E-state index contributed by atoms with van der Waals surface area (Å²) < 4.78 is 32.1. The molecule has 1 saturated heterocycles. The first kappa shape index (κ1) is 18.4. The molecule has 8 heteroatoms. The Balaban J connectivity index is 1.38. The number of aromatic nitrogens is 2. The topological polar surface area (TPSA) is 61.5 Å². The van der Waals surface area contributed by atoms with Gasteiger partial charge in [-0.05, 0) is 24.3 Å². The van der Waals surface area contributed by atoms with Crippen LogP contribution in [-0.2, 0) is 6.54 Å². The van der Waals surface area contributed by atoms with Crippen molar-refractivity contribution in [1.29, 1.82) is 0 Å². The molecule has 1 aliphatic rings. The molecule has 1 aliphatic heterocycles. The van der Waals surface area contributed by atoms with Crippen molar-refractivity contribution in [2.45, 2.75) is 6.54 Å². The van der Waals surface area contributed by atoms with Crippen molar-refractivity contribution in [3.05, 3.63) is 59.4 Å². The van der Waals surface area contributed by atoms with E-state index >= 15 is 0 Å². The number of nitrogens with zero attached hydrogens (tertiary/aromatic N) is 3. The smallest absolute Gasteiger partial charge is 0.256 e. The van der Waals surface area contributed by atoms with Crippen molar-refractivity contribution in [3.8, 4) is 5.75 Å². The Morgan fingerprint density at radius 2 is 1.93 bits per heavy atom. The number of methoxy groups -OCH3 is 1. The molecular formula is C20H20F2N4O2. The van der Waals surface area contributed by atoms with Crippen molar-refractivity contribution in [1.82, 2.24) is 19.8 Å². The Bertz CT molecular complexity index is 1010. The first-order chi connectivity index (χ1) is 13.5. The molecule has 0 spiro atoms. The Morgan fingerprint density at radius 1 is 1.14 bits per heavy atom. The van der Waals surface area contributed by atoms with E-state index in [9.17, 15) is 13.6 Å². The molecule has 146 valence electrons. The zero-order valence-corrected chi connectivity index (χ0v) is 15.4. The standard InChI is InChI=1S/C20H20F2N4O2/c1-28-14-3-5-17-18(11-14)24-19(23-17)12-25-6-8-26(9-7-25)20(27)15-4-2-13(21)10-16(15)22/h2-5,10-11H,6-9,12H2,1H3,(H,23,24). The van der Waals surface area contributed by atoms with Crippen molar-refractivity contribution in [3.63, 3.8) is 0 Å². The first-order valence-corrected chi connectivity index (χ1v) is 9.03. The number of rotatable bonds is 4. The minimum Gasteiger partial charge on any atom is -0.497 e. The largest absolute Gasteiger partial charge is 0.497 e. The van der Waals surface area contributed by atoms with E-state index in [0.29, 0.717) is 32.7 Å². The number of nitrogens with one attached hydrogen (secondary N) is 1. The quantitative estimate of drug-likeness (QED) is 0.749. The Kier molecular flexibility index (Phi) is 4.95. The third-order valence-electron chi connectivity index (χ3n) is 4.93. The van der Waals surface area contributed by atoms with Gasteiger partial charge in [-0.25, -0.2) is 13.8 Å². The van der Waals surface area contributed by atoms with E-state index in [1.165, 1.54) is 6.07 Å². The number of piperazine rings is 1. The number of imidazole rings is 1. The summed E-state index contributed by atoms with van der Waals surface area (Å²) in [7, 11) is 1.62. The molecule has 3 aromatic rings. The Labute approximate surface area is 160 Å². The normalized spacial score (nSPS) is 15.2. The van der Waals surface area contributed by atoms with Crippen molar-refractivity contribution >= 4 is 16.9 Å². The van der Waals surface area contributed by atoms with Crippen LogP contribution in [0.25, 0.3) is 11.0 Å². The minimum atomic E-state index is -0.829. The highest BCUT2D eigenvalue weighted by Crippen LogP contribution is 2.20. The average Bonchev–Trinajstić information content (AvgIpc) is 3.09. The lowest BCUT2D eigenvalue weighted by Crippen LogP contribution is -2.48. The summed E-state index contributed by atoms with van der Waals surface area (Å²) in [5, 5.41) is 0. The van der Waals surface area contributed by atoms with Crippen LogP contribution >= 0.6 is 0 Å². The van der Waals surface area contributed by atoms with Crippen LogP contribution in [-0.4, -0.2) is 59.0 Å². The van der Waals surface area contributed by atoms with E-state index in [2.05, 4.69) is 14.9 Å². The van der Waals surface area contributed by atoms with Crippen LogP contribution in [0.3, 0.4) is 0 Å². The SMILES string of the molecule is COc1ccc2nc(CN3CCN(C(=O)c4ccc(F)cc4F)CC3)[nH]c2c1. The fourth-order valence-electron chi connectivity index (χ4n) is 3.40. The number of ether oxygens (including phenoxy) is 1. The summed E-state index contributed by atoms with van der Waals surface area (Å²) >= 11 is 0. The molecule has 1 aromatic heterocycles. The van der Waals surface area contributed by atoms with Crippen LogP contribution in [0.4, 0.5) is 8.78 Å². The van der Waals surface area contributed by atoms with E-state index < -0.39 is 17.5 Å². The van der Waals surface area contributed by atoms with Gasteiger partial charge in [0.1, 0.15) is 23.2 Å². The molecular weight excluding hydrogens is 366 g/mol. The lowest BCUT2D eigenvalue weighted by Gasteiger charge is -2.34. The van der Waals surface area contributed by atoms with E-state index in [1.54, 1.807) is 12.0 Å².